The third kappa shape index (κ3) is 6.25. The van der Waals surface area contributed by atoms with Gasteiger partial charge >= 0.3 is 5.97 Å². The summed E-state index contributed by atoms with van der Waals surface area (Å²) in [5, 5.41) is 11.9. The number of hydrogen-bond acceptors (Lipinski definition) is 5. The molecular weight excluding hydrogens is 352 g/mol. The van der Waals surface area contributed by atoms with Crippen LogP contribution in [0, 0.1) is 0 Å². The number of rotatable bonds is 9. The number of aliphatic carboxylic acids is 1. The molecule has 6 nitrogen and oxygen atoms in total. The predicted octanol–water partition coefficient (Wildman–Crippen LogP) is 2.86. The van der Waals surface area contributed by atoms with Crippen molar-refractivity contribution in [2.45, 2.75) is 12.8 Å². The molecule has 24 heavy (non-hydrogen) atoms. The maximum atomic E-state index is 11.7. The lowest BCUT2D eigenvalue weighted by Crippen LogP contribution is -2.26. The van der Waals surface area contributed by atoms with Crippen molar-refractivity contribution < 1.29 is 19.1 Å². The van der Waals surface area contributed by atoms with E-state index in [4.69, 9.17) is 21.1 Å². The Balaban J connectivity index is 1.71. The molecule has 0 fully saturated rings. The highest BCUT2D eigenvalue weighted by Crippen LogP contribution is 2.22. The van der Waals surface area contributed by atoms with Crippen molar-refractivity contribution in [3.05, 3.63) is 41.4 Å². The first-order valence-corrected chi connectivity index (χ1v) is 8.85. The lowest BCUT2D eigenvalue weighted by Gasteiger charge is -2.03. The van der Waals surface area contributed by atoms with Gasteiger partial charge < -0.3 is 14.8 Å². The predicted molar refractivity (Wildman–Crippen MR) is 93.2 cm³/mol. The summed E-state index contributed by atoms with van der Waals surface area (Å²) in [6.45, 7) is 0.443. The second kappa shape index (κ2) is 9.34. The first-order valence-electron chi connectivity index (χ1n) is 7.31. The summed E-state index contributed by atoms with van der Waals surface area (Å²) in [4.78, 5) is 26.2. The fraction of sp³-hybridized carbons (Fsp3) is 0.312. The molecular formula is C16H17ClN2O4S. The van der Waals surface area contributed by atoms with Gasteiger partial charge in [0.25, 0.3) is 0 Å². The molecule has 0 unspecified atom stereocenters. The van der Waals surface area contributed by atoms with Gasteiger partial charge in [-0.25, -0.2) is 4.98 Å². The van der Waals surface area contributed by atoms with Gasteiger partial charge in [0.05, 0.1) is 11.9 Å². The molecule has 8 heteroatoms. The van der Waals surface area contributed by atoms with E-state index >= 15 is 0 Å². The number of oxazole rings is 1. The van der Waals surface area contributed by atoms with E-state index in [2.05, 4.69) is 10.3 Å². The Hall–Kier alpha value is -1.99. The number of amides is 1. The lowest BCUT2D eigenvalue weighted by atomic mass is 10.2. The van der Waals surface area contributed by atoms with E-state index in [1.165, 1.54) is 11.8 Å². The number of carboxylic acids is 1. The van der Waals surface area contributed by atoms with Crippen molar-refractivity contribution in [2.24, 2.45) is 0 Å². The molecule has 0 aliphatic rings. The van der Waals surface area contributed by atoms with Crippen LogP contribution < -0.4 is 5.32 Å². The normalized spacial score (nSPS) is 10.5. The van der Waals surface area contributed by atoms with Crippen molar-refractivity contribution in [3.63, 3.8) is 0 Å². The van der Waals surface area contributed by atoms with E-state index in [1.54, 1.807) is 18.3 Å². The maximum absolute atomic E-state index is 11.7. The molecule has 0 aliphatic carbocycles. The Labute approximate surface area is 148 Å². The minimum absolute atomic E-state index is 0.0413. The van der Waals surface area contributed by atoms with Crippen LogP contribution in [0.15, 0.2) is 34.9 Å². The van der Waals surface area contributed by atoms with Gasteiger partial charge in [-0.2, -0.15) is 0 Å². The maximum Gasteiger partial charge on any atom is 0.313 e. The van der Waals surface area contributed by atoms with E-state index in [9.17, 15) is 9.59 Å². The highest BCUT2D eigenvalue weighted by molar-refractivity contribution is 7.99. The number of carbonyl (C=O) groups is 2. The molecule has 0 atom stereocenters. The van der Waals surface area contributed by atoms with Crippen molar-refractivity contribution >= 4 is 35.2 Å². The number of thioether (sulfide) groups is 1. The molecule has 2 rings (SSSR count). The van der Waals surface area contributed by atoms with Gasteiger partial charge in [0, 0.05) is 35.7 Å². The first-order chi connectivity index (χ1) is 11.5. The third-order valence-electron chi connectivity index (χ3n) is 3.04. The average Bonchev–Trinajstić information content (AvgIpc) is 3.02. The molecule has 0 aliphatic heterocycles. The number of nitrogens with zero attached hydrogens (tertiary/aromatic N) is 1. The standard InChI is InChI=1S/C16H17ClN2O4S/c17-12-3-1-11(2-4-12)13-9-19-15(23-13)6-5-14(20)18-7-8-24-10-16(21)22/h1-4,9H,5-8,10H2,(H,18,20)(H,21,22). The Morgan fingerprint density at radius 2 is 2.04 bits per heavy atom. The quantitative estimate of drug-likeness (QED) is 0.661. The van der Waals surface area contributed by atoms with Crippen molar-refractivity contribution in [3.8, 4) is 11.3 Å². The average molecular weight is 369 g/mol. The highest BCUT2D eigenvalue weighted by Gasteiger charge is 2.09. The van der Waals surface area contributed by atoms with Crippen LogP contribution in [0.1, 0.15) is 12.3 Å². The molecule has 2 aromatic rings. The molecule has 1 aromatic carbocycles. The van der Waals surface area contributed by atoms with Crippen LogP contribution >= 0.6 is 23.4 Å². The zero-order chi connectivity index (χ0) is 17.4. The molecule has 0 saturated heterocycles. The second-order valence-corrected chi connectivity index (χ2v) is 6.46. The Kier molecular flexibility index (Phi) is 7.14. The van der Waals surface area contributed by atoms with Crippen LogP contribution in [0.5, 0.6) is 0 Å². The number of carbonyl (C=O) groups excluding carboxylic acids is 1. The van der Waals surface area contributed by atoms with Gasteiger partial charge in [-0.1, -0.05) is 11.6 Å². The molecule has 0 saturated carbocycles. The van der Waals surface area contributed by atoms with Gasteiger partial charge in [-0.05, 0) is 24.3 Å². The van der Waals surface area contributed by atoms with E-state index < -0.39 is 5.97 Å². The van der Waals surface area contributed by atoms with Crippen LogP contribution in [0.2, 0.25) is 5.02 Å². The second-order valence-electron chi connectivity index (χ2n) is 4.92. The Bertz CT molecular complexity index is 688. The summed E-state index contributed by atoms with van der Waals surface area (Å²) >= 11 is 7.11. The molecule has 128 valence electrons. The van der Waals surface area contributed by atoms with Crippen molar-refractivity contribution in [1.82, 2.24) is 10.3 Å². The monoisotopic (exact) mass is 368 g/mol. The van der Waals surface area contributed by atoms with Crippen LogP contribution in [0.4, 0.5) is 0 Å². The van der Waals surface area contributed by atoms with Crippen molar-refractivity contribution in [2.75, 3.05) is 18.1 Å². The number of halogens is 1. The zero-order valence-corrected chi connectivity index (χ0v) is 14.4. The van der Waals surface area contributed by atoms with E-state index in [0.29, 0.717) is 35.4 Å². The minimum Gasteiger partial charge on any atom is -0.481 e. The summed E-state index contributed by atoms with van der Waals surface area (Å²) in [6.07, 6.45) is 2.30. The molecule has 1 heterocycles. The van der Waals surface area contributed by atoms with Gasteiger partial charge in [-0.15, -0.1) is 11.8 Å². The molecule has 0 bridgehead atoms. The smallest absolute Gasteiger partial charge is 0.313 e. The largest absolute Gasteiger partial charge is 0.481 e. The molecule has 1 aromatic heterocycles. The number of hydrogen-bond donors (Lipinski definition) is 2. The number of aromatic nitrogens is 1. The van der Waals surface area contributed by atoms with Crippen LogP contribution in [-0.4, -0.2) is 40.0 Å². The van der Waals surface area contributed by atoms with Gasteiger partial charge in [-0.3, -0.25) is 9.59 Å². The summed E-state index contributed by atoms with van der Waals surface area (Å²) in [5.74, 6) is 0.767. The summed E-state index contributed by atoms with van der Waals surface area (Å²) < 4.78 is 5.63. The van der Waals surface area contributed by atoms with Gasteiger partial charge in [0.1, 0.15) is 0 Å². The summed E-state index contributed by atoms with van der Waals surface area (Å²) in [6, 6.07) is 7.23. The lowest BCUT2D eigenvalue weighted by molar-refractivity contribution is -0.133. The fourth-order valence-electron chi connectivity index (χ4n) is 1.90. The molecule has 2 N–H and O–H groups in total. The van der Waals surface area contributed by atoms with Crippen molar-refractivity contribution in [1.29, 1.82) is 0 Å². The first kappa shape index (κ1) is 18.4. The molecule has 1 amide bonds. The number of aryl methyl sites for hydroxylation is 1. The SMILES string of the molecule is O=C(O)CSCCNC(=O)CCc1ncc(-c2ccc(Cl)cc2)o1. The minimum atomic E-state index is -0.855. The van der Waals surface area contributed by atoms with E-state index in [0.717, 1.165) is 5.56 Å². The zero-order valence-electron chi connectivity index (χ0n) is 12.8. The van der Waals surface area contributed by atoms with E-state index in [1.807, 2.05) is 12.1 Å². The summed E-state index contributed by atoms with van der Waals surface area (Å²) in [5.41, 5.74) is 0.873. The topological polar surface area (TPSA) is 92.4 Å². The number of carboxylic acid groups (broad SMARTS) is 1. The Morgan fingerprint density at radius 1 is 1.29 bits per heavy atom. The third-order valence-corrected chi connectivity index (χ3v) is 4.24. The highest BCUT2D eigenvalue weighted by atomic mass is 35.5. The Morgan fingerprint density at radius 3 is 2.75 bits per heavy atom. The van der Waals surface area contributed by atoms with Crippen LogP contribution in [-0.2, 0) is 16.0 Å². The summed E-state index contributed by atoms with van der Waals surface area (Å²) in [7, 11) is 0. The number of nitrogens with one attached hydrogen (secondary N) is 1. The number of benzene rings is 1. The fourth-order valence-corrected chi connectivity index (χ4v) is 2.60. The van der Waals surface area contributed by atoms with E-state index in [-0.39, 0.29) is 18.1 Å². The van der Waals surface area contributed by atoms with Crippen LogP contribution in [0.25, 0.3) is 11.3 Å². The van der Waals surface area contributed by atoms with Crippen LogP contribution in [0.3, 0.4) is 0 Å². The molecule has 0 spiro atoms. The molecule has 0 radical (unpaired) electrons. The van der Waals surface area contributed by atoms with Gasteiger partial charge in [0.2, 0.25) is 5.91 Å². The van der Waals surface area contributed by atoms with Gasteiger partial charge in [0.15, 0.2) is 11.7 Å².